The third-order valence-corrected chi connectivity index (χ3v) is 2.30. The Labute approximate surface area is 87.8 Å². The molecule has 1 aromatic heterocycles. The monoisotopic (exact) mass is 265 g/mol. The van der Waals surface area contributed by atoms with Gasteiger partial charge in [0.15, 0.2) is 0 Å². The topological polar surface area (TPSA) is 12.9 Å². The zero-order valence-electron chi connectivity index (χ0n) is 7.11. The van der Waals surface area contributed by atoms with Crippen LogP contribution in [0, 0.1) is 0 Å². The van der Waals surface area contributed by atoms with E-state index in [0.29, 0.717) is 16.5 Å². The first-order chi connectivity index (χ1) is 6.45. The van der Waals surface area contributed by atoms with Gasteiger partial charge in [0, 0.05) is 11.5 Å². The number of nitrogens with zero attached hydrogens (tertiary/aromatic N) is 1. The van der Waals surface area contributed by atoms with Crippen molar-refractivity contribution in [2.24, 2.45) is 0 Å². The lowest BCUT2D eigenvalue weighted by Crippen LogP contribution is -2.07. The Hall–Kier alpha value is -0.840. The molecule has 0 amide bonds. The molecule has 1 aromatic rings. The molecule has 1 rings (SSSR count). The van der Waals surface area contributed by atoms with Gasteiger partial charge in [-0.15, -0.1) is 0 Å². The molecule has 1 nitrogen and oxygen atoms in total. The van der Waals surface area contributed by atoms with E-state index in [2.05, 4.69) is 27.5 Å². The highest BCUT2D eigenvalue weighted by Gasteiger charge is 2.31. The van der Waals surface area contributed by atoms with E-state index in [1.165, 1.54) is 12.3 Å². The van der Waals surface area contributed by atoms with E-state index in [4.69, 9.17) is 0 Å². The minimum absolute atomic E-state index is 0.514. The van der Waals surface area contributed by atoms with Crippen LogP contribution in [0.3, 0.4) is 0 Å². The Bertz CT molecular complexity index is 329. The maximum absolute atomic E-state index is 12.1. The molecule has 0 aliphatic rings. The van der Waals surface area contributed by atoms with E-state index < -0.39 is 11.9 Å². The number of halogens is 4. The minimum Gasteiger partial charge on any atom is -0.251 e. The summed E-state index contributed by atoms with van der Waals surface area (Å²) in [6, 6.07) is 2.31. The number of allylic oxidation sites excluding steroid dienone is 1. The summed E-state index contributed by atoms with van der Waals surface area (Å²) in [6.45, 7) is 3.67. The Kier molecular flexibility index (Phi) is 3.31. The number of pyridine rings is 1. The van der Waals surface area contributed by atoms with Crippen LogP contribution in [0.1, 0.15) is 11.3 Å². The van der Waals surface area contributed by atoms with Crippen molar-refractivity contribution in [1.82, 2.24) is 4.98 Å². The smallest absolute Gasteiger partial charge is 0.251 e. The zero-order valence-corrected chi connectivity index (χ0v) is 8.69. The normalized spacial score (nSPS) is 11.4. The van der Waals surface area contributed by atoms with Crippen molar-refractivity contribution in [3.63, 3.8) is 0 Å². The summed E-state index contributed by atoms with van der Waals surface area (Å²) >= 11 is 3.16. The fourth-order valence-electron chi connectivity index (χ4n) is 0.848. The predicted molar refractivity (Wildman–Crippen MR) is 52.1 cm³/mol. The van der Waals surface area contributed by atoms with Crippen molar-refractivity contribution < 1.29 is 13.2 Å². The molecule has 0 aromatic carbocycles. The molecule has 76 valence electrons. The molecule has 0 aliphatic heterocycles. The standard InChI is InChI=1S/C9H7BrF3N/c1-6(4-10)7-2-3-8(14-5-7)9(11,12)13/h2-3,5H,1,4H2. The van der Waals surface area contributed by atoms with Gasteiger partial charge >= 0.3 is 6.18 Å². The van der Waals surface area contributed by atoms with Crippen LogP contribution >= 0.6 is 15.9 Å². The van der Waals surface area contributed by atoms with Crippen LogP contribution in [0.15, 0.2) is 24.9 Å². The van der Waals surface area contributed by atoms with Gasteiger partial charge in [-0.2, -0.15) is 13.2 Å². The molecule has 0 N–H and O–H groups in total. The highest BCUT2D eigenvalue weighted by Crippen LogP contribution is 2.27. The third kappa shape index (κ3) is 2.57. The van der Waals surface area contributed by atoms with E-state index >= 15 is 0 Å². The van der Waals surface area contributed by atoms with Crippen LogP contribution in [-0.2, 0) is 6.18 Å². The largest absolute Gasteiger partial charge is 0.433 e. The molecule has 0 atom stereocenters. The lowest BCUT2D eigenvalue weighted by molar-refractivity contribution is -0.141. The highest BCUT2D eigenvalue weighted by atomic mass is 79.9. The van der Waals surface area contributed by atoms with Gasteiger partial charge < -0.3 is 0 Å². The fourth-order valence-corrected chi connectivity index (χ4v) is 1.17. The number of rotatable bonds is 2. The summed E-state index contributed by atoms with van der Waals surface area (Å²) in [7, 11) is 0. The molecule has 0 unspecified atom stereocenters. The molecule has 0 saturated heterocycles. The molecule has 0 spiro atoms. The van der Waals surface area contributed by atoms with Crippen LogP contribution in [-0.4, -0.2) is 10.3 Å². The van der Waals surface area contributed by atoms with Crippen LogP contribution in [0.25, 0.3) is 5.57 Å². The van der Waals surface area contributed by atoms with Gasteiger partial charge in [-0.1, -0.05) is 28.6 Å². The maximum Gasteiger partial charge on any atom is 0.433 e. The second kappa shape index (κ2) is 4.13. The molecule has 0 saturated carbocycles. The van der Waals surface area contributed by atoms with Crippen LogP contribution in [0.4, 0.5) is 13.2 Å². The summed E-state index contributed by atoms with van der Waals surface area (Å²) in [5, 5.41) is 0.514. The van der Waals surface area contributed by atoms with Crippen molar-refractivity contribution in [2.75, 3.05) is 5.33 Å². The summed E-state index contributed by atoms with van der Waals surface area (Å²) in [4.78, 5) is 3.31. The number of alkyl halides is 4. The van der Waals surface area contributed by atoms with Gasteiger partial charge in [0.1, 0.15) is 5.69 Å². The molecule has 0 bridgehead atoms. The summed E-state index contributed by atoms with van der Waals surface area (Å²) in [5.74, 6) is 0. The average molecular weight is 266 g/mol. The summed E-state index contributed by atoms with van der Waals surface area (Å²) in [5.41, 5.74) is 0.421. The lowest BCUT2D eigenvalue weighted by atomic mass is 10.1. The van der Waals surface area contributed by atoms with E-state index in [9.17, 15) is 13.2 Å². The second-order valence-corrected chi connectivity index (χ2v) is 3.23. The summed E-state index contributed by atoms with van der Waals surface area (Å²) in [6.07, 6.45) is -3.21. The van der Waals surface area contributed by atoms with Gasteiger partial charge in [0.25, 0.3) is 0 Å². The van der Waals surface area contributed by atoms with Gasteiger partial charge in [-0.25, -0.2) is 0 Å². The number of hydrogen-bond acceptors (Lipinski definition) is 1. The van der Waals surface area contributed by atoms with Gasteiger partial charge in [0.2, 0.25) is 0 Å². The molecule has 1 heterocycles. The lowest BCUT2D eigenvalue weighted by Gasteiger charge is -2.06. The highest BCUT2D eigenvalue weighted by molar-refractivity contribution is 9.09. The number of aromatic nitrogens is 1. The second-order valence-electron chi connectivity index (χ2n) is 2.67. The Morgan fingerprint density at radius 3 is 2.43 bits per heavy atom. The Morgan fingerprint density at radius 1 is 1.43 bits per heavy atom. The van der Waals surface area contributed by atoms with Crippen molar-refractivity contribution in [3.05, 3.63) is 36.2 Å². The first kappa shape index (κ1) is 11.2. The van der Waals surface area contributed by atoms with Crippen LogP contribution in [0.2, 0.25) is 0 Å². The van der Waals surface area contributed by atoms with E-state index in [1.54, 1.807) is 0 Å². The average Bonchev–Trinajstić information content (AvgIpc) is 2.15. The van der Waals surface area contributed by atoms with Crippen molar-refractivity contribution in [1.29, 1.82) is 0 Å². The summed E-state index contributed by atoms with van der Waals surface area (Å²) < 4.78 is 36.3. The van der Waals surface area contributed by atoms with E-state index in [0.717, 1.165) is 6.07 Å². The van der Waals surface area contributed by atoms with Crippen LogP contribution < -0.4 is 0 Å². The third-order valence-electron chi connectivity index (χ3n) is 1.62. The first-order valence-electron chi connectivity index (χ1n) is 3.72. The minimum atomic E-state index is -4.38. The first-order valence-corrected chi connectivity index (χ1v) is 4.84. The van der Waals surface area contributed by atoms with E-state index in [1.807, 2.05) is 0 Å². The quantitative estimate of drug-likeness (QED) is 0.746. The molecule has 0 aliphatic carbocycles. The van der Waals surface area contributed by atoms with E-state index in [-0.39, 0.29) is 0 Å². The SMILES string of the molecule is C=C(CBr)c1ccc(C(F)(F)F)nc1. The maximum atomic E-state index is 12.1. The number of hydrogen-bond donors (Lipinski definition) is 0. The Morgan fingerprint density at radius 2 is 2.07 bits per heavy atom. The molecule has 0 fully saturated rings. The molecule has 5 heteroatoms. The van der Waals surface area contributed by atoms with Gasteiger partial charge in [-0.05, 0) is 17.2 Å². The molecular weight excluding hydrogens is 259 g/mol. The zero-order chi connectivity index (χ0) is 10.8. The van der Waals surface area contributed by atoms with Crippen molar-refractivity contribution in [2.45, 2.75) is 6.18 Å². The van der Waals surface area contributed by atoms with Gasteiger partial charge in [-0.3, -0.25) is 4.98 Å². The molecule has 14 heavy (non-hydrogen) atoms. The fraction of sp³-hybridized carbons (Fsp3) is 0.222. The van der Waals surface area contributed by atoms with Crippen molar-refractivity contribution in [3.8, 4) is 0 Å². The molecular formula is C9H7BrF3N. The van der Waals surface area contributed by atoms with Crippen LogP contribution in [0.5, 0.6) is 0 Å². The Balaban J connectivity index is 2.95. The van der Waals surface area contributed by atoms with Crippen molar-refractivity contribution >= 4 is 21.5 Å². The predicted octanol–water partition coefficient (Wildman–Crippen LogP) is 3.51. The molecule has 0 radical (unpaired) electrons. The van der Waals surface area contributed by atoms with Gasteiger partial charge in [0.05, 0.1) is 0 Å².